The molecule has 2 aromatic carbocycles. The predicted molar refractivity (Wildman–Crippen MR) is 100.0 cm³/mol. The van der Waals surface area contributed by atoms with Crippen LogP contribution in [0, 0.1) is 10.1 Å². The summed E-state index contributed by atoms with van der Waals surface area (Å²) in [5.74, 6) is 1.10. The van der Waals surface area contributed by atoms with E-state index in [1.165, 1.54) is 24.5 Å². The van der Waals surface area contributed by atoms with Crippen molar-refractivity contribution in [3.05, 3.63) is 87.3 Å². The van der Waals surface area contributed by atoms with E-state index in [1.54, 1.807) is 24.3 Å². The van der Waals surface area contributed by atoms with Crippen LogP contribution in [0.3, 0.4) is 0 Å². The van der Waals surface area contributed by atoms with Crippen LogP contribution in [0.4, 0.5) is 5.69 Å². The van der Waals surface area contributed by atoms with Gasteiger partial charge in [0, 0.05) is 24.2 Å². The van der Waals surface area contributed by atoms with Crippen molar-refractivity contribution in [3.8, 4) is 11.5 Å². The molecule has 1 atom stereocenters. The van der Waals surface area contributed by atoms with Crippen LogP contribution in [-0.4, -0.2) is 16.6 Å². The first kappa shape index (κ1) is 18.9. The van der Waals surface area contributed by atoms with E-state index in [-0.39, 0.29) is 16.5 Å². The monoisotopic (exact) mass is 388 g/mol. The Bertz CT molecular complexity index is 897. The second kappa shape index (κ2) is 8.68. The molecule has 1 unspecified atom stereocenters. The van der Waals surface area contributed by atoms with Gasteiger partial charge < -0.3 is 19.6 Å². The van der Waals surface area contributed by atoms with Gasteiger partial charge in [0.15, 0.2) is 0 Å². The SMILES string of the molecule is O=[N+]([O-])c1cc(Cl)ccc1Oc1ccc(CNCC(O)c2ccco2)cc1. The number of furan rings is 1. The molecule has 0 saturated carbocycles. The minimum absolute atomic E-state index is 0.122. The topological polar surface area (TPSA) is 97.8 Å². The first-order chi connectivity index (χ1) is 13.0. The van der Waals surface area contributed by atoms with Crippen molar-refractivity contribution >= 4 is 17.3 Å². The molecule has 8 heteroatoms. The van der Waals surface area contributed by atoms with Gasteiger partial charge >= 0.3 is 5.69 Å². The van der Waals surface area contributed by atoms with E-state index in [2.05, 4.69) is 5.32 Å². The summed E-state index contributed by atoms with van der Waals surface area (Å²) in [6.45, 7) is 0.891. The molecule has 0 bridgehead atoms. The van der Waals surface area contributed by atoms with Crippen LogP contribution in [0.25, 0.3) is 0 Å². The molecule has 0 radical (unpaired) electrons. The standard InChI is InChI=1S/C19H17ClN2O5/c20-14-5-8-18(16(10-14)22(24)25)27-15-6-3-13(4-7-15)11-21-12-17(23)19-2-1-9-26-19/h1-10,17,21,23H,11-12H2. The van der Waals surface area contributed by atoms with E-state index < -0.39 is 11.0 Å². The van der Waals surface area contributed by atoms with Crippen molar-refractivity contribution in [3.63, 3.8) is 0 Å². The maximum absolute atomic E-state index is 11.1. The molecule has 0 aliphatic heterocycles. The highest BCUT2D eigenvalue weighted by atomic mass is 35.5. The predicted octanol–water partition coefficient (Wildman–Crippen LogP) is 4.46. The second-order valence-electron chi connectivity index (χ2n) is 5.78. The van der Waals surface area contributed by atoms with Crippen LogP contribution in [-0.2, 0) is 6.54 Å². The van der Waals surface area contributed by atoms with Crippen LogP contribution in [0.15, 0.2) is 65.3 Å². The van der Waals surface area contributed by atoms with Gasteiger partial charge in [-0.25, -0.2) is 0 Å². The number of benzene rings is 2. The van der Waals surface area contributed by atoms with Crippen LogP contribution in [0.5, 0.6) is 11.5 Å². The maximum Gasteiger partial charge on any atom is 0.313 e. The van der Waals surface area contributed by atoms with Gasteiger partial charge in [-0.15, -0.1) is 0 Å². The fraction of sp³-hybridized carbons (Fsp3) is 0.158. The van der Waals surface area contributed by atoms with Gasteiger partial charge in [-0.2, -0.15) is 0 Å². The molecule has 27 heavy (non-hydrogen) atoms. The summed E-state index contributed by atoms with van der Waals surface area (Å²) in [4.78, 5) is 10.6. The zero-order chi connectivity index (χ0) is 19.2. The van der Waals surface area contributed by atoms with E-state index in [4.69, 9.17) is 20.8 Å². The number of hydrogen-bond acceptors (Lipinski definition) is 6. The number of ether oxygens (including phenoxy) is 1. The van der Waals surface area contributed by atoms with Gasteiger partial charge in [0.1, 0.15) is 17.6 Å². The Labute approximate surface area is 160 Å². The highest BCUT2D eigenvalue weighted by Gasteiger charge is 2.16. The molecule has 0 aliphatic rings. The normalized spacial score (nSPS) is 11.9. The Morgan fingerprint density at radius 3 is 2.67 bits per heavy atom. The highest BCUT2D eigenvalue weighted by Crippen LogP contribution is 2.33. The van der Waals surface area contributed by atoms with E-state index in [0.29, 0.717) is 24.6 Å². The Hall–Kier alpha value is -2.87. The Morgan fingerprint density at radius 2 is 2.00 bits per heavy atom. The van der Waals surface area contributed by atoms with Crippen molar-refractivity contribution in [2.75, 3.05) is 6.54 Å². The maximum atomic E-state index is 11.1. The van der Waals surface area contributed by atoms with Gasteiger partial charge in [-0.3, -0.25) is 10.1 Å². The van der Waals surface area contributed by atoms with Crippen molar-refractivity contribution in [1.82, 2.24) is 5.32 Å². The molecule has 0 amide bonds. The van der Waals surface area contributed by atoms with E-state index >= 15 is 0 Å². The van der Waals surface area contributed by atoms with Crippen LogP contribution in [0.2, 0.25) is 5.02 Å². The molecule has 1 aromatic heterocycles. The summed E-state index contributed by atoms with van der Waals surface area (Å²) in [7, 11) is 0. The smallest absolute Gasteiger partial charge is 0.313 e. The van der Waals surface area contributed by atoms with Gasteiger partial charge in [-0.05, 0) is 42.0 Å². The van der Waals surface area contributed by atoms with Crippen molar-refractivity contribution in [2.24, 2.45) is 0 Å². The minimum atomic E-state index is -0.715. The molecule has 0 spiro atoms. The number of nitro benzene ring substituents is 1. The number of hydrogen-bond donors (Lipinski definition) is 2. The van der Waals surface area contributed by atoms with Crippen molar-refractivity contribution < 1.29 is 19.2 Å². The molecule has 140 valence electrons. The minimum Gasteiger partial charge on any atom is -0.467 e. The first-order valence-electron chi connectivity index (χ1n) is 8.16. The van der Waals surface area contributed by atoms with Gasteiger partial charge in [0.05, 0.1) is 11.2 Å². The third-order valence-corrected chi connectivity index (χ3v) is 4.04. The van der Waals surface area contributed by atoms with E-state index in [1.807, 2.05) is 12.1 Å². The van der Waals surface area contributed by atoms with Crippen LogP contribution in [0.1, 0.15) is 17.4 Å². The lowest BCUT2D eigenvalue weighted by Gasteiger charge is -2.10. The fourth-order valence-corrected chi connectivity index (χ4v) is 2.62. The van der Waals surface area contributed by atoms with Crippen LogP contribution < -0.4 is 10.1 Å². The summed E-state index contributed by atoms with van der Waals surface area (Å²) in [5.41, 5.74) is 0.778. The number of aliphatic hydroxyl groups is 1. The van der Waals surface area contributed by atoms with E-state index in [0.717, 1.165) is 5.56 Å². The average molecular weight is 389 g/mol. The third kappa shape index (κ3) is 5.07. The molecule has 0 saturated heterocycles. The lowest BCUT2D eigenvalue weighted by atomic mass is 10.2. The number of nitrogens with one attached hydrogen (secondary N) is 1. The van der Waals surface area contributed by atoms with Crippen LogP contribution >= 0.6 is 11.6 Å². The molecule has 1 heterocycles. The summed E-state index contributed by atoms with van der Waals surface area (Å²) in [6.07, 6.45) is 0.801. The zero-order valence-electron chi connectivity index (χ0n) is 14.2. The molecule has 7 nitrogen and oxygen atoms in total. The van der Waals surface area contributed by atoms with Crippen molar-refractivity contribution in [1.29, 1.82) is 0 Å². The molecule has 3 rings (SSSR count). The number of aliphatic hydroxyl groups excluding tert-OH is 1. The summed E-state index contributed by atoms with van der Waals surface area (Å²) < 4.78 is 10.7. The van der Waals surface area contributed by atoms with Gasteiger partial charge in [-0.1, -0.05) is 23.7 Å². The average Bonchev–Trinajstić information content (AvgIpc) is 3.19. The Kier molecular flexibility index (Phi) is 6.08. The Balaban J connectivity index is 1.57. The lowest BCUT2D eigenvalue weighted by Crippen LogP contribution is -2.20. The van der Waals surface area contributed by atoms with Gasteiger partial charge in [0.25, 0.3) is 0 Å². The third-order valence-electron chi connectivity index (χ3n) is 3.81. The number of nitro groups is 1. The molecular formula is C19H17ClN2O5. The highest BCUT2D eigenvalue weighted by molar-refractivity contribution is 6.30. The summed E-state index contributed by atoms with van der Waals surface area (Å²) in [5, 5.41) is 24.5. The van der Waals surface area contributed by atoms with E-state index in [9.17, 15) is 15.2 Å². The lowest BCUT2D eigenvalue weighted by molar-refractivity contribution is -0.385. The molecular weight excluding hydrogens is 372 g/mol. The number of nitrogens with zero attached hydrogens (tertiary/aromatic N) is 1. The summed E-state index contributed by atoms with van der Waals surface area (Å²) in [6, 6.07) is 14.8. The molecule has 3 aromatic rings. The summed E-state index contributed by atoms with van der Waals surface area (Å²) >= 11 is 5.80. The Morgan fingerprint density at radius 1 is 1.22 bits per heavy atom. The largest absolute Gasteiger partial charge is 0.467 e. The number of rotatable bonds is 8. The molecule has 2 N–H and O–H groups in total. The molecule has 0 aliphatic carbocycles. The van der Waals surface area contributed by atoms with Crippen molar-refractivity contribution in [2.45, 2.75) is 12.6 Å². The quantitative estimate of drug-likeness (QED) is 0.437. The zero-order valence-corrected chi connectivity index (χ0v) is 14.9. The number of halogens is 1. The van der Waals surface area contributed by atoms with Gasteiger partial charge in [0.2, 0.25) is 5.75 Å². The fourth-order valence-electron chi connectivity index (χ4n) is 2.46. The first-order valence-corrected chi connectivity index (χ1v) is 8.53. The second-order valence-corrected chi connectivity index (χ2v) is 6.21. The molecule has 0 fully saturated rings.